The molecule has 2 aromatic rings. The van der Waals surface area contributed by atoms with Crippen LogP contribution in [-0.2, 0) is 4.79 Å². The van der Waals surface area contributed by atoms with Gasteiger partial charge in [-0.25, -0.2) is 4.79 Å². The van der Waals surface area contributed by atoms with Gasteiger partial charge in [0.05, 0.1) is 15.7 Å². The standard InChI is InChI=1S/C16H14Cl2N2O4/c17-10-7-11(18)14(19-8-10)9-2-3-13(12(21)6-9)24-16(15(22)23)4-1-5-20-16/h2-3,6-8,20-21H,1,4-5H2,(H,22,23)/t16-/m1/s1. The predicted octanol–water partition coefficient (Wildman–Crippen LogP) is 3.30. The number of carbonyl (C=O) groups is 1. The van der Waals surface area contributed by atoms with E-state index in [1.807, 2.05) is 0 Å². The van der Waals surface area contributed by atoms with Crippen LogP contribution in [0.3, 0.4) is 0 Å². The summed E-state index contributed by atoms with van der Waals surface area (Å²) in [5, 5.41) is 23.2. The molecule has 1 atom stereocenters. The normalized spacial score (nSPS) is 20.1. The van der Waals surface area contributed by atoms with Gasteiger partial charge in [-0.2, -0.15) is 0 Å². The minimum absolute atomic E-state index is 0.0700. The van der Waals surface area contributed by atoms with Crippen molar-refractivity contribution < 1.29 is 19.7 Å². The molecule has 1 saturated heterocycles. The van der Waals surface area contributed by atoms with Crippen molar-refractivity contribution in [1.82, 2.24) is 10.3 Å². The highest BCUT2D eigenvalue weighted by molar-refractivity contribution is 6.36. The van der Waals surface area contributed by atoms with Crippen molar-refractivity contribution in [2.75, 3.05) is 6.54 Å². The first kappa shape index (κ1) is 16.8. The van der Waals surface area contributed by atoms with E-state index in [0.29, 0.717) is 40.7 Å². The first-order chi connectivity index (χ1) is 11.4. The number of nitrogens with zero attached hydrogens (tertiary/aromatic N) is 1. The lowest BCUT2D eigenvalue weighted by atomic mass is 10.1. The van der Waals surface area contributed by atoms with E-state index >= 15 is 0 Å². The molecule has 0 spiro atoms. The van der Waals surface area contributed by atoms with Crippen molar-refractivity contribution in [2.45, 2.75) is 18.6 Å². The minimum Gasteiger partial charge on any atom is -0.504 e. The topological polar surface area (TPSA) is 91.7 Å². The number of hydrogen-bond donors (Lipinski definition) is 3. The summed E-state index contributed by atoms with van der Waals surface area (Å²) in [7, 11) is 0. The molecule has 1 aromatic heterocycles. The molecule has 3 rings (SSSR count). The number of ether oxygens (including phenoxy) is 1. The Bertz CT molecular complexity index is 792. The van der Waals surface area contributed by atoms with Gasteiger partial charge in [0, 0.05) is 18.2 Å². The van der Waals surface area contributed by atoms with Crippen LogP contribution in [0.4, 0.5) is 0 Å². The van der Waals surface area contributed by atoms with Gasteiger partial charge in [0.25, 0.3) is 5.72 Å². The number of phenolic OH excluding ortho intramolecular Hbond substituents is 1. The van der Waals surface area contributed by atoms with Crippen LogP contribution in [0, 0.1) is 0 Å². The number of benzene rings is 1. The number of nitrogens with one attached hydrogen (secondary N) is 1. The molecule has 126 valence electrons. The van der Waals surface area contributed by atoms with Crippen LogP contribution in [0.5, 0.6) is 11.5 Å². The average molecular weight is 369 g/mol. The van der Waals surface area contributed by atoms with E-state index in [1.165, 1.54) is 18.3 Å². The molecule has 0 radical (unpaired) electrons. The maximum Gasteiger partial charge on any atom is 0.363 e. The van der Waals surface area contributed by atoms with Gasteiger partial charge in [-0.05, 0) is 37.2 Å². The van der Waals surface area contributed by atoms with Crippen LogP contribution in [0.25, 0.3) is 11.3 Å². The number of rotatable bonds is 4. The lowest BCUT2D eigenvalue weighted by Crippen LogP contribution is -2.52. The summed E-state index contributed by atoms with van der Waals surface area (Å²) in [6.45, 7) is 0.537. The third-order valence-electron chi connectivity index (χ3n) is 3.79. The molecule has 0 aliphatic carbocycles. The Morgan fingerprint density at radius 2 is 2.12 bits per heavy atom. The molecular weight excluding hydrogens is 355 g/mol. The number of aromatic nitrogens is 1. The molecule has 1 fully saturated rings. The summed E-state index contributed by atoms with van der Waals surface area (Å²) in [6.07, 6.45) is 2.44. The SMILES string of the molecule is O=C(O)[C@]1(Oc2ccc(-c3ncc(Cl)cc3Cl)cc2O)CCCN1. The number of phenols is 1. The molecule has 1 aromatic carbocycles. The fourth-order valence-corrected chi connectivity index (χ4v) is 3.08. The number of aromatic hydroxyl groups is 1. The highest BCUT2D eigenvalue weighted by Crippen LogP contribution is 2.36. The molecule has 6 nitrogen and oxygen atoms in total. The van der Waals surface area contributed by atoms with Gasteiger partial charge in [0.2, 0.25) is 0 Å². The van der Waals surface area contributed by atoms with E-state index in [0.717, 1.165) is 0 Å². The van der Waals surface area contributed by atoms with E-state index < -0.39 is 11.7 Å². The fourth-order valence-electron chi connectivity index (χ4n) is 2.60. The van der Waals surface area contributed by atoms with Gasteiger partial charge >= 0.3 is 5.97 Å². The Labute approximate surface area is 148 Å². The third-order valence-corrected chi connectivity index (χ3v) is 4.28. The minimum atomic E-state index is -1.52. The molecule has 2 heterocycles. The maximum atomic E-state index is 11.5. The van der Waals surface area contributed by atoms with E-state index in [1.54, 1.807) is 12.1 Å². The van der Waals surface area contributed by atoms with Crippen LogP contribution in [-0.4, -0.2) is 33.4 Å². The monoisotopic (exact) mass is 368 g/mol. The van der Waals surface area contributed by atoms with Crippen LogP contribution >= 0.6 is 23.2 Å². The van der Waals surface area contributed by atoms with Crippen molar-refractivity contribution in [3.05, 3.63) is 40.5 Å². The molecule has 0 amide bonds. The number of pyridine rings is 1. The predicted molar refractivity (Wildman–Crippen MR) is 89.6 cm³/mol. The molecule has 24 heavy (non-hydrogen) atoms. The van der Waals surface area contributed by atoms with Crippen molar-refractivity contribution in [3.63, 3.8) is 0 Å². The molecule has 0 bridgehead atoms. The maximum absolute atomic E-state index is 11.5. The quantitative estimate of drug-likeness (QED) is 0.766. The smallest absolute Gasteiger partial charge is 0.363 e. The molecule has 3 N–H and O–H groups in total. The van der Waals surface area contributed by atoms with Crippen LogP contribution < -0.4 is 10.1 Å². The summed E-state index contributed by atoms with van der Waals surface area (Å²) in [4.78, 5) is 15.6. The molecule has 8 heteroatoms. The van der Waals surface area contributed by atoms with Crippen LogP contribution in [0.15, 0.2) is 30.5 Å². The number of aliphatic carboxylic acids is 1. The highest BCUT2D eigenvalue weighted by atomic mass is 35.5. The van der Waals surface area contributed by atoms with Gasteiger partial charge in [-0.3, -0.25) is 10.3 Å². The zero-order valence-electron chi connectivity index (χ0n) is 12.4. The zero-order valence-corrected chi connectivity index (χ0v) is 13.9. The fraction of sp³-hybridized carbons (Fsp3) is 0.250. The second-order valence-corrected chi connectivity index (χ2v) is 6.27. The van der Waals surface area contributed by atoms with Crippen molar-refractivity contribution in [2.24, 2.45) is 0 Å². The average Bonchev–Trinajstić information content (AvgIpc) is 2.99. The first-order valence-electron chi connectivity index (χ1n) is 7.23. The Balaban J connectivity index is 1.91. The Hall–Kier alpha value is -2.02. The summed E-state index contributed by atoms with van der Waals surface area (Å²) < 4.78 is 5.56. The van der Waals surface area contributed by atoms with Gasteiger partial charge in [0.1, 0.15) is 0 Å². The Kier molecular flexibility index (Phi) is 4.54. The second kappa shape index (κ2) is 6.47. The third kappa shape index (κ3) is 3.13. The first-order valence-corrected chi connectivity index (χ1v) is 7.99. The number of carboxylic acids is 1. The van der Waals surface area contributed by atoms with Crippen molar-refractivity contribution in [1.29, 1.82) is 0 Å². The van der Waals surface area contributed by atoms with E-state index in [9.17, 15) is 15.0 Å². The number of carboxylic acid groups (broad SMARTS) is 1. The van der Waals surface area contributed by atoms with E-state index in [4.69, 9.17) is 27.9 Å². The van der Waals surface area contributed by atoms with Crippen molar-refractivity contribution >= 4 is 29.2 Å². The second-order valence-electron chi connectivity index (χ2n) is 5.43. The Morgan fingerprint density at radius 1 is 1.33 bits per heavy atom. The lowest BCUT2D eigenvalue weighted by Gasteiger charge is -2.26. The Morgan fingerprint density at radius 3 is 2.71 bits per heavy atom. The molecule has 0 saturated carbocycles. The highest BCUT2D eigenvalue weighted by Gasteiger charge is 2.44. The summed E-state index contributed by atoms with van der Waals surface area (Å²) in [5.74, 6) is -1.25. The van der Waals surface area contributed by atoms with Gasteiger partial charge in [-0.1, -0.05) is 23.2 Å². The molecule has 0 unspecified atom stereocenters. The number of hydrogen-bond acceptors (Lipinski definition) is 5. The number of halogens is 2. The van der Waals surface area contributed by atoms with Crippen LogP contribution in [0.2, 0.25) is 10.0 Å². The van der Waals surface area contributed by atoms with Gasteiger partial charge in [0.15, 0.2) is 11.5 Å². The van der Waals surface area contributed by atoms with E-state index in [-0.39, 0.29) is 11.5 Å². The molecule has 1 aliphatic heterocycles. The van der Waals surface area contributed by atoms with Crippen molar-refractivity contribution in [3.8, 4) is 22.8 Å². The summed E-state index contributed by atoms with van der Waals surface area (Å²) in [6, 6.07) is 6.10. The lowest BCUT2D eigenvalue weighted by molar-refractivity contribution is -0.157. The zero-order chi connectivity index (χ0) is 17.3. The largest absolute Gasteiger partial charge is 0.504 e. The van der Waals surface area contributed by atoms with Gasteiger partial charge < -0.3 is 14.9 Å². The molecule has 1 aliphatic rings. The van der Waals surface area contributed by atoms with E-state index in [2.05, 4.69) is 10.3 Å². The summed E-state index contributed by atoms with van der Waals surface area (Å²) in [5.41, 5.74) is -0.505. The molecular formula is C16H14Cl2N2O4. The van der Waals surface area contributed by atoms with Gasteiger partial charge in [-0.15, -0.1) is 0 Å². The van der Waals surface area contributed by atoms with Crippen LogP contribution in [0.1, 0.15) is 12.8 Å². The summed E-state index contributed by atoms with van der Waals surface area (Å²) >= 11 is 11.9.